The number of ether oxygens (including phenoxy) is 1. The van der Waals surface area contributed by atoms with Crippen LogP contribution in [0.15, 0.2) is 54.7 Å². The monoisotopic (exact) mass is 379 g/mol. The number of pyridine rings is 1. The van der Waals surface area contributed by atoms with Crippen molar-refractivity contribution in [2.24, 2.45) is 0 Å². The van der Waals surface area contributed by atoms with Gasteiger partial charge < -0.3 is 20.5 Å². The fraction of sp³-hybridized carbons (Fsp3) is 0.200. The Kier molecular flexibility index (Phi) is 6.35. The lowest BCUT2D eigenvalue weighted by Crippen LogP contribution is -2.11. The zero-order valence-corrected chi connectivity index (χ0v) is 15.4. The first-order valence-corrected chi connectivity index (χ1v) is 8.77. The molecule has 0 radical (unpaired) electrons. The van der Waals surface area contributed by atoms with Crippen molar-refractivity contribution in [1.82, 2.24) is 15.0 Å². The second kappa shape index (κ2) is 9.31. The van der Waals surface area contributed by atoms with Gasteiger partial charge in [0, 0.05) is 25.4 Å². The molecule has 0 bridgehead atoms. The number of methoxy groups -OCH3 is 1. The SMILES string of the molecule is COc1ccc(CNc2cc(NCCC(=O)O)nc(-c3ccccn3)n2)cc1. The molecule has 0 amide bonds. The van der Waals surface area contributed by atoms with Gasteiger partial charge in [-0.25, -0.2) is 9.97 Å². The molecule has 144 valence electrons. The Labute approximate surface area is 162 Å². The van der Waals surface area contributed by atoms with Gasteiger partial charge in [-0.3, -0.25) is 9.78 Å². The van der Waals surface area contributed by atoms with Crippen molar-refractivity contribution in [3.63, 3.8) is 0 Å². The first kappa shape index (κ1) is 19.1. The Hall–Kier alpha value is -3.68. The van der Waals surface area contributed by atoms with E-state index in [2.05, 4.69) is 25.6 Å². The highest BCUT2D eigenvalue weighted by molar-refractivity contribution is 5.67. The van der Waals surface area contributed by atoms with E-state index in [0.29, 0.717) is 29.7 Å². The molecule has 0 aliphatic heterocycles. The van der Waals surface area contributed by atoms with Crippen molar-refractivity contribution in [1.29, 1.82) is 0 Å². The van der Waals surface area contributed by atoms with E-state index in [0.717, 1.165) is 11.3 Å². The van der Waals surface area contributed by atoms with E-state index in [1.165, 1.54) is 0 Å². The highest BCUT2D eigenvalue weighted by Crippen LogP contribution is 2.19. The van der Waals surface area contributed by atoms with Crippen LogP contribution in [0.3, 0.4) is 0 Å². The zero-order chi connectivity index (χ0) is 19.8. The number of carboxylic acid groups (broad SMARTS) is 1. The van der Waals surface area contributed by atoms with E-state index in [9.17, 15) is 4.79 Å². The molecular formula is C20H21N5O3. The molecule has 3 rings (SSSR count). The fourth-order valence-electron chi connectivity index (χ4n) is 2.47. The van der Waals surface area contributed by atoms with Gasteiger partial charge in [-0.1, -0.05) is 18.2 Å². The van der Waals surface area contributed by atoms with Crippen LogP contribution in [0.4, 0.5) is 11.6 Å². The second-order valence-corrected chi connectivity index (χ2v) is 5.95. The van der Waals surface area contributed by atoms with Crippen molar-refractivity contribution in [2.45, 2.75) is 13.0 Å². The number of carboxylic acids is 1. The van der Waals surface area contributed by atoms with Crippen molar-refractivity contribution >= 4 is 17.6 Å². The van der Waals surface area contributed by atoms with Gasteiger partial charge >= 0.3 is 5.97 Å². The molecule has 0 fully saturated rings. The van der Waals surface area contributed by atoms with Crippen LogP contribution in [0.5, 0.6) is 5.75 Å². The van der Waals surface area contributed by atoms with Crippen LogP contribution in [-0.2, 0) is 11.3 Å². The van der Waals surface area contributed by atoms with E-state index in [-0.39, 0.29) is 13.0 Å². The number of hydrogen-bond donors (Lipinski definition) is 3. The minimum absolute atomic E-state index is 0.00245. The molecule has 2 heterocycles. The Morgan fingerprint density at radius 1 is 1.07 bits per heavy atom. The predicted molar refractivity (Wildman–Crippen MR) is 106 cm³/mol. The van der Waals surface area contributed by atoms with Crippen molar-refractivity contribution in [2.75, 3.05) is 24.3 Å². The lowest BCUT2D eigenvalue weighted by Gasteiger charge is -2.11. The first-order valence-electron chi connectivity index (χ1n) is 8.77. The number of rotatable bonds is 9. The van der Waals surface area contributed by atoms with Crippen LogP contribution >= 0.6 is 0 Å². The third-order valence-electron chi connectivity index (χ3n) is 3.90. The highest BCUT2D eigenvalue weighted by atomic mass is 16.5. The van der Waals surface area contributed by atoms with Gasteiger partial charge in [-0.15, -0.1) is 0 Å². The van der Waals surface area contributed by atoms with Gasteiger partial charge in [-0.05, 0) is 29.8 Å². The number of nitrogens with one attached hydrogen (secondary N) is 2. The maximum atomic E-state index is 10.7. The summed E-state index contributed by atoms with van der Waals surface area (Å²) in [6, 6.07) is 15.0. The van der Waals surface area contributed by atoms with Crippen molar-refractivity contribution in [3.8, 4) is 17.3 Å². The molecule has 0 atom stereocenters. The highest BCUT2D eigenvalue weighted by Gasteiger charge is 2.08. The standard InChI is InChI=1S/C20H21N5O3/c1-28-15-7-5-14(6-8-15)13-23-18-12-17(22-11-9-19(26)27)24-20(25-18)16-4-2-3-10-21-16/h2-8,10,12H,9,11,13H2,1H3,(H,26,27)(H2,22,23,24,25). The number of carbonyl (C=O) groups is 1. The van der Waals surface area contributed by atoms with Gasteiger partial charge in [0.25, 0.3) is 0 Å². The predicted octanol–water partition coefficient (Wildman–Crippen LogP) is 3.05. The van der Waals surface area contributed by atoms with Gasteiger partial charge in [0.2, 0.25) is 0 Å². The summed E-state index contributed by atoms with van der Waals surface area (Å²) in [7, 11) is 1.63. The van der Waals surface area contributed by atoms with E-state index < -0.39 is 5.97 Å². The summed E-state index contributed by atoms with van der Waals surface area (Å²) >= 11 is 0. The number of aromatic nitrogens is 3. The molecule has 1 aromatic carbocycles. The number of anilines is 2. The van der Waals surface area contributed by atoms with Gasteiger partial charge in [0.1, 0.15) is 23.1 Å². The van der Waals surface area contributed by atoms with Crippen LogP contribution < -0.4 is 15.4 Å². The number of hydrogen-bond acceptors (Lipinski definition) is 7. The molecule has 0 spiro atoms. The molecule has 0 saturated carbocycles. The van der Waals surface area contributed by atoms with E-state index in [4.69, 9.17) is 9.84 Å². The largest absolute Gasteiger partial charge is 0.497 e. The van der Waals surface area contributed by atoms with E-state index in [1.807, 2.05) is 42.5 Å². The van der Waals surface area contributed by atoms with Gasteiger partial charge in [0.05, 0.1) is 13.5 Å². The minimum atomic E-state index is -0.871. The maximum Gasteiger partial charge on any atom is 0.305 e. The molecule has 0 aliphatic rings. The van der Waals surface area contributed by atoms with Gasteiger partial charge in [0.15, 0.2) is 5.82 Å². The summed E-state index contributed by atoms with van der Waals surface area (Å²) < 4.78 is 5.17. The average Bonchev–Trinajstić information content (AvgIpc) is 2.73. The maximum absolute atomic E-state index is 10.7. The van der Waals surface area contributed by atoms with Crippen molar-refractivity contribution < 1.29 is 14.6 Å². The lowest BCUT2D eigenvalue weighted by atomic mass is 10.2. The number of benzene rings is 1. The molecule has 8 heteroatoms. The molecule has 0 saturated heterocycles. The van der Waals surface area contributed by atoms with Gasteiger partial charge in [-0.2, -0.15) is 0 Å². The molecule has 3 N–H and O–H groups in total. The molecular weight excluding hydrogens is 358 g/mol. The third kappa shape index (κ3) is 5.41. The summed E-state index contributed by atoms with van der Waals surface area (Å²) in [6.07, 6.45) is 1.67. The van der Waals surface area contributed by atoms with Crippen LogP contribution in [0, 0.1) is 0 Å². The first-order chi connectivity index (χ1) is 13.6. The molecule has 0 aliphatic carbocycles. The van der Waals surface area contributed by atoms with Crippen LogP contribution in [0.25, 0.3) is 11.5 Å². The van der Waals surface area contributed by atoms with Crippen LogP contribution in [0.1, 0.15) is 12.0 Å². The summed E-state index contributed by atoms with van der Waals surface area (Å²) in [6.45, 7) is 0.836. The molecule has 28 heavy (non-hydrogen) atoms. The van der Waals surface area contributed by atoms with Crippen molar-refractivity contribution in [3.05, 3.63) is 60.3 Å². The van der Waals surface area contributed by atoms with Crippen LogP contribution in [0.2, 0.25) is 0 Å². The fourth-order valence-corrected chi connectivity index (χ4v) is 2.47. The van der Waals surface area contributed by atoms with E-state index in [1.54, 1.807) is 19.4 Å². The summed E-state index contributed by atoms with van der Waals surface area (Å²) in [5, 5.41) is 15.1. The lowest BCUT2D eigenvalue weighted by molar-refractivity contribution is -0.136. The average molecular weight is 379 g/mol. The van der Waals surface area contributed by atoms with Crippen LogP contribution in [-0.4, -0.2) is 39.7 Å². The molecule has 2 aromatic heterocycles. The summed E-state index contributed by atoms with van der Waals surface area (Å²) in [5.74, 6) is 1.54. The Morgan fingerprint density at radius 2 is 1.82 bits per heavy atom. The molecule has 8 nitrogen and oxygen atoms in total. The number of aliphatic carboxylic acids is 1. The normalized spacial score (nSPS) is 10.3. The Bertz CT molecular complexity index is 917. The zero-order valence-electron chi connectivity index (χ0n) is 15.4. The smallest absolute Gasteiger partial charge is 0.305 e. The van der Waals surface area contributed by atoms with E-state index >= 15 is 0 Å². The summed E-state index contributed by atoms with van der Waals surface area (Å²) in [4.78, 5) is 24.0. The topological polar surface area (TPSA) is 109 Å². The Balaban J connectivity index is 1.78. The Morgan fingerprint density at radius 3 is 2.46 bits per heavy atom. The minimum Gasteiger partial charge on any atom is -0.497 e. The molecule has 0 unspecified atom stereocenters. The summed E-state index contributed by atoms with van der Waals surface area (Å²) in [5.41, 5.74) is 1.70. The second-order valence-electron chi connectivity index (χ2n) is 5.95. The quantitative estimate of drug-likeness (QED) is 0.520. The molecule has 3 aromatic rings. The third-order valence-corrected chi connectivity index (χ3v) is 3.90. The number of nitrogens with zero attached hydrogens (tertiary/aromatic N) is 3.